The summed E-state index contributed by atoms with van der Waals surface area (Å²) in [5, 5.41) is 8.27. The van der Waals surface area contributed by atoms with Gasteiger partial charge in [-0.2, -0.15) is 18.3 Å². The Bertz CT molecular complexity index is 1010. The SMILES string of the molecule is C=CC(=O)NCc1cnc(-c2ccc(F)cc2)cc1-c1cc(C(F)(F)F)[nH]n1. The molecule has 0 spiro atoms. The number of carbonyl (C=O) groups excluding carboxylic acids is 1. The topological polar surface area (TPSA) is 70.7 Å². The third kappa shape index (κ3) is 4.25. The molecule has 0 saturated carbocycles. The third-order valence-corrected chi connectivity index (χ3v) is 3.92. The number of benzene rings is 1. The van der Waals surface area contributed by atoms with Gasteiger partial charge >= 0.3 is 6.18 Å². The average Bonchev–Trinajstić information content (AvgIpc) is 3.17. The first kappa shape index (κ1) is 19.3. The van der Waals surface area contributed by atoms with Crippen molar-refractivity contribution in [2.75, 3.05) is 0 Å². The van der Waals surface area contributed by atoms with Gasteiger partial charge in [0.25, 0.3) is 0 Å². The maximum Gasteiger partial charge on any atom is 0.432 e. The van der Waals surface area contributed by atoms with Gasteiger partial charge in [-0.25, -0.2) is 4.39 Å². The van der Waals surface area contributed by atoms with E-state index in [1.807, 2.05) is 5.10 Å². The van der Waals surface area contributed by atoms with Gasteiger partial charge in [0.2, 0.25) is 5.91 Å². The van der Waals surface area contributed by atoms with Crippen LogP contribution in [-0.4, -0.2) is 21.1 Å². The second kappa shape index (κ2) is 7.63. The molecular formula is C19H14F4N4O. The molecule has 3 aromatic rings. The highest BCUT2D eigenvalue weighted by atomic mass is 19.4. The number of nitrogens with zero attached hydrogens (tertiary/aromatic N) is 2. The number of hydrogen-bond donors (Lipinski definition) is 2. The number of nitrogens with one attached hydrogen (secondary N) is 2. The van der Waals surface area contributed by atoms with Crippen LogP contribution in [0.2, 0.25) is 0 Å². The summed E-state index contributed by atoms with van der Waals surface area (Å²) in [4.78, 5) is 15.7. The predicted molar refractivity (Wildman–Crippen MR) is 94.3 cm³/mol. The predicted octanol–water partition coefficient (Wildman–Crippen LogP) is 4.10. The van der Waals surface area contributed by atoms with Gasteiger partial charge in [0.1, 0.15) is 11.5 Å². The molecule has 0 fully saturated rings. The molecule has 2 aromatic heterocycles. The molecule has 1 amide bonds. The Morgan fingerprint density at radius 1 is 1.18 bits per heavy atom. The van der Waals surface area contributed by atoms with Crippen LogP contribution in [0.1, 0.15) is 11.3 Å². The second-order valence-electron chi connectivity index (χ2n) is 5.82. The van der Waals surface area contributed by atoms with Gasteiger partial charge in [-0.15, -0.1) is 0 Å². The van der Waals surface area contributed by atoms with Crippen molar-refractivity contribution in [1.82, 2.24) is 20.5 Å². The quantitative estimate of drug-likeness (QED) is 0.509. The smallest absolute Gasteiger partial charge is 0.348 e. The van der Waals surface area contributed by atoms with Crippen LogP contribution in [0, 0.1) is 5.82 Å². The lowest BCUT2D eigenvalue weighted by Crippen LogP contribution is -2.20. The van der Waals surface area contributed by atoms with Crippen molar-refractivity contribution in [3.05, 3.63) is 72.3 Å². The molecule has 5 nitrogen and oxygen atoms in total. The minimum absolute atomic E-state index is 0.0189. The first-order chi connectivity index (χ1) is 13.3. The monoisotopic (exact) mass is 390 g/mol. The molecule has 0 saturated heterocycles. The molecule has 2 N–H and O–H groups in total. The Labute approximate surface area is 157 Å². The molecule has 28 heavy (non-hydrogen) atoms. The van der Waals surface area contributed by atoms with Crippen LogP contribution in [0.4, 0.5) is 17.6 Å². The molecule has 1 aromatic carbocycles. The highest BCUT2D eigenvalue weighted by Crippen LogP contribution is 2.32. The maximum absolute atomic E-state index is 13.1. The minimum atomic E-state index is -4.57. The summed E-state index contributed by atoms with van der Waals surface area (Å²) in [6.45, 7) is 3.36. The van der Waals surface area contributed by atoms with Crippen LogP contribution in [0.15, 0.2) is 55.3 Å². The summed E-state index contributed by atoms with van der Waals surface area (Å²) in [5.74, 6) is -0.860. The number of amides is 1. The molecule has 2 heterocycles. The zero-order valence-electron chi connectivity index (χ0n) is 14.3. The van der Waals surface area contributed by atoms with Crippen LogP contribution in [0.5, 0.6) is 0 Å². The Balaban J connectivity index is 2.05. The fourth-order valence-corrected chi connectivity index (χ4v) is 2.50. The number of pyridine rings is 1. The molecule has 144 valence electrons. The van der Waals surface area contributed by atoms with Gasteiger partial charge in [-0.05, 0) is 48.0 Å². The van der Waals surface area contributed by atoms with Crippen molar-refractivity contribution in [1.29, 1.82) is 0 Å². The number of carbonyl (C=O) groups is 1. The molecular weight excluding hydrogens is 376 g/mol. The summed E-state index contributed by atoms with van der Waals surface area (Å²) in [7, 11) is 0. The molecule has 0 bridgehead atoms. The lowest BCUT2D eigenvalue weighted by Gasteiger charge is -2.10. The standard InChI is InChI=1S/C19H14F4N4O/c1-2-18(28)25-10-12-9-24-15(11-3-5-13(20)6-4-11)7-14(12)16-8-17(27-26-16)19(21,22)23/h2-9H,1,10H2,(H,25,28)(H,26,27). The summed E-state index contributed by atoms with van der Waals surface area (Å²) >= 11 is 0. The highest BCUT2D eigenvalue weighted by molar-refractivity contribution is 5.87. The van der Waals surface area contributed by atoms with E-state index in [-0.39, 0.29) is 12.2 Å². The first-order valence-corrected chi connectivity index (χ1v) is 8.06. The number of hydrogen-bond acceptors (Lipinski definition) is 3. The number of aromatic amines is 1. The molecule has 0 aliphatic heterocycles. The van der Waals surface area contributed by atoms with E-state index in [1.54, 1.807) is 6.07 Å². The van der Waals surface area contributed by atoms with Crippen molar-refractivity contribution < 1.29 is 22.4 Å². The Morgan fingerprint density at radius 3 is 2.50 bits per heavy atom. The van der Waals surface area contributed by atoms with Crippen molar-refractivity contribution >= 4 is 5.91 Å². The Hall–Kier alpha value is -3.49. The van der Waals surface area contributed by atoms with Gasteiger partial charge in [-0.3, -0.25) is 14.9 Å². The second-order valence-corrected chi connectivity index (χ2v) is 5.82. The molecule has 0 aliphatic carbocycles. The largest absolute Gasteiger partial charge is 0.432 e. The zero-order chi connectivity index (χ0) is 20.3. The van der Waals surface area contributed by atoms with Gasteiger partial charge in [0.15, 0.2) is 0 Å². The van der Waals surface area contributed by atoms with E-state index >= 15 is 0 Å². The summed E-state index contributed by atoms with van der Waals surface area (Å²) in [6.07, 6.45) is -2.06. The van der Waals surface area contributed by atoms with Crippen molar-refractivity contribution in [3.8, 4) is 22.5 Å². The van der Waals surface area contributed by atoms with Gasteiger partial charge in [0, 0.05) is 23.9 Å². The number of alkyl halides is 3. The lowest BCUT2D eigenvalue weighted by molar-refractivity contribution is -0.141. The number of rotatable bonds is 5. The van der Waals surface area contributed by atoms with Gasteiger partial charge in [0.05, 0.1) is 11.4 Å². The molecule has 0 aliphatic rings. The number of H-pyrrole nitrogens is 1. The highest BCUT2D eigenvalue weighted by Gasteiger charge is 2.33. The van der Waals surface area contributed by atoms with Crippen LogP contribution in [0.3, 0.4) is 0 Å². The molecule has 0 radical (unpaired) electrons. The minimum Gasteiger partial charge on any atom is -0.348 e. The average molecular weight is 390 g/mol. The normalized spacial score (nSPS) is 11.3. The molecule has 0 unspecified atom stereocenters. The van der Waals surface area contributed by atoms with Crippen LogP contribution < -0.4 is 5.32 Å². The first-order valence-electron chi connectivity index (χ1n) is 8.06. The van der Waals surface area contributed by atoms with Crippen LogP contribution >= 0.6 is 0 Å². The fraction of sp³-hybridized carbons (Fsp3) is 0.105. The van der Waals surface area contributed by atoms with E-state index in [9.17, 15) is 22.4 Å². The zero-order valence-corrected chi connectivity index (χ0v) is 14.3. The summed E-state index contributed by atoms with van der Waals surface area (Å²) in [5.41, 5.74) is 0.859. The lowest BCUT2D eigenvalue weighted by atomic mass is 10.0. The van der Waals surface area contributed by atoms with Crippen LogP contribution in [0.25, 0.3) is 22.5 Å². The van der Waals surface area contributed by atoms with Crippen molar-refractivity contribution in [2.24, 2.45) is 0 Å². The van der Waals surface area contributed by atoms with E-state index in [2.05, 4.69) is 22.0 Å². The summed E-state index contributed by atoms with van der Waals surface area (Å²) in [6, 6.07) is 7.94. The van der Waals surface area contributed by atoms with Crippen LogP contribution in [-0.2, 0) is 17.5 Å². The van der Waals surface area contributed by atoms with Crippen molar-refractivity contribution in [2.45, 2.75) is 12.7 Å². The van der Waals surface area contributed by atoms with E-state index in [4.69, 9.17) is 0 Å². The van der Waals surface area contributed by atoms with E-state index in [1.165, 1.54) is 30.5 Å². The third-order valence-electron chi connectivity index (χ3n) is 3.92. The Morgan fingerprint density at radius 2 is 1.89 bits per heavy atom. The Kier molecular flexibility index (Phi) is 5.25. The maximum atomic E-state index is 13.1. The van der Waals surface area contributed by atoms with E-state index in [0.717, 1.165) is 12.1 Å². The number of aromatic nitrogens is 3. The molecule has 3 rings (SSSR count). The summed E-state index contributed by atoms with van der Waals surface area (Å²) < 4.78 is 51.9. The number of halogens is 4. The fourth-order valence-electron chi connectivity index (χ4n) is 2.50. The van der Waals surface area contributed by atoms with Gasteiger partial charge in [-0.1, -0.05) is 6.58 Å². The van der Waals surface area contributed by atoms with Crippen molar-refractivity contribution in [3.63, 3.8) is 0 Å². The van der Waals surface area contributed by atoms with E-state index in [0.29, 0.717) is 22.4 Å². The van der Waals surface area contributed by atoms with Gasteiger partial charge < -0.3 is 5.32 Å². The molecule has 9 heteroatoms. The molecule has 0 atom stereocenters. The van der Waals surface area contributed by atoms with E-state index < -0.39 is 23.6 Å².